The molecule has 0 aliphatic rings. The summed E-state index contributed by atoms with van der Waals surface area (Å²) >= 11 is 0. The van der Waals surface area contributed by atoms with E-state index >= 15 is 0 Å². The average molecular weight is 829 g/mol. The molecule has 1 atom stereocenters. The summed E-state index contributed by atoms with van der Waals surface area (Å²) in [5, 5.41) is 0. The lowest BCUT2D eigenvalue weighted by molar-refractivity contribution is -0.167. The molecule has 0 heterocycles. The number of hydrogen-bond acceptors (Lipinski definition) is 6. The third-order valence-corrected chi connectivity index (χ3v) is 11.1. The summed E-state index contributed by atoms with van der Waals surface area (Å²) < 4.78 is 16.8. The monoisotopic (exact) mass is 829 g/mol. The summed E-state index contributed by atoms with van der Waals surface area (Å²) in [4.78, 5) is 37.8. The Labute approximate surface area is 365 Å². The van der Waals surface area contributed by atoms with Gasteiger partial charge in [0.25, 0.3) is 0 Å². The Morgan fingerprint density at radius 1 is 0.339 bits per heavy atom. The molecule has 0 saturated carbocycles. The Kier molecular flexibility index (Phi) is 46.4. The van der Waals surface area contributed by atoms with Gasteiger partial charge in [0.05, 0.1) is 0 Å². The molecule has 0 spiro atoms. The van der Waals surface area contributed by atoms with Gasteiger partial charge in [0, 0.05) is 19.3 Å². The molecule has 0 bridgehead atoms. The molecular formula is C53H96O6. The summed E-state index contributed by atoms with van der Waals surface area (Å²) in [7, 11) is 0. The van der Waals surface area contributed by atoms with E-state index in [-0.39, 0.29) is 31.1 Å². The summed E-state index contributed by atoms with van der Waals surface area (Å²) in [6.45, 7) is 6.58. The van der Waals surface area contributed by atoms with E-state index in [4.69, 9.17) is 14.2 Å². The minimum atomic E-state index is -0.772. The quantitative estimate of drug-likeness (QED) is 0.0200. The van der Waals surface area contributed by atoms with Crippen molar-refractivity contribution in [3.8, 4) is 0 Å². The second kappa shape index (κ2) is 48.3. The van der Waals surface area contributed by atoms with Crippen molar-refractivity contribution in [1.82, 2.24) is 0 Å². The molecule has 6 nitrogen and oxygen atoms in total. The highest BCUT2D eigenvalue weighted by molar-refractivity contribution is 5.71. The highest BCUT2D eigenvalue weighted by Gasteiger charge is 2.19. The Bertz CT molecular complexity index is 1000. The van der Waals surface area contributed by atoms with Gasteiger partial charge in [-0.2, -0.15) is 0 Å². The van der Waals surface area contributed by atoms with Crippen molar-refractivity contribution < 1.29 is 28.6 Å². The average Bonchev–Trinajstić information content (AvgIpc) is 3.23. The molecule has 6 heteroatoms. The third-order valence-electron chi connectivity index (χ3n) is 11.1. The smallest absolute Gasteiger partial charge is 0.306 e. The highest BCUT2D eigenvalue weighted by atomic mass is 16.6. The van der Waals surface area contributed by atoms with E-state index in [0.29, 0.717) is 19.3 Å². The van der Waals surface area contributed by atoms with Gasteiger partial charge in [0.1, 0.15) is 13.2 Å². The van der Waals surface area contributed by atoms with E-state index in [1.165, 1.54) is 154 Å². The van der Waals surface area contributed by atoms with Crippen LogP contribution in [0.15, 0.2) is 36.5 Å². The van der Waals surface area contributed by atoms with E-state index < -0.39 is 6.10 Å². The highest BCUT2D eigenvalue weighted by Crippen LogP contribution is 2.15. The van der Waals surface area contributed by atoms with Gasteiger partial charge in [0.2, 0.25) is 0 Å². The summed E-state index contributed by atoms with van der Waals surface area (Å²) in [5.74, 6) is -0.881. The van der Waals surface area contributed by atoms with Crippen molar-refractivity contribution in [3.63, 3.8) is 0 Å². The lowest BCUT2D eigenvalue weighted by atomic mass is 10.1. The number of esters is 3. The predicted molar refractivity (Wildman–Crippen MR) is 252 cm³/mol. The summed E-state index contributed by atoms with van der Waals surface area (Å²) in [5.41, 5.74) is 0. The maximum absolute atomic E-state index is 12.7. The van der Waals surface area contributed by atoms with Crippen LogP contribution in [0.1, 0.15) is 265 Å². The molecule has 0 N–H and O–H groups in total. The molecule has 0 aliphatic carbocycles. The van der Waals surface area contributed by atoms with Crippen LogP contribution in [0.2, 0.25) is 0 Å². The fourth-order valence-electron chi connectivity index (χ4n) is 7.25. The van der Waals surface area contributed by atoms with Crippen LogP contribution >= 0.6 is 0 Å². The topological polar surface area (TPSA) is 78.9 Å². The molecule has 0 aliphatic heterocycles. The fraction of sp³-hybridized carbons (Fsp3) is 0.830. The minimum absolute atomic E-state index is 0.0739. The van der Waals surface area contributed by atoms with Crippen LogP contribution in [0.3, 0.4) is 0 Å². The van der Waals surface area contributed by atoms with Crippen molar-refractivity contribution in [1.29, 1.82) is 0 Å². The molecule has 0 aromatic rings. The van der Waals surface area contributed by atoms with E-state index in [0.717, 1.165) is 70.6 Å². The van der Waals surface area contributed by atoms with Gasteiger partial charge in [-0.3, -0.25) is 14.4 Å². The maximum atomic E-state index is 12.7. The standard InChI is InChI=1S/C53H96O6/c1-4-7-10-13-16-19-22-24-25-26-27-28-29-30-32-34-37-40-43-46-52(55)58-49-50(48-57-51(54)45-42-39-36-33-21-18-15-12-9-6-3)59-53(56)47-44-41-38-35-31-23-20-17-14-11-8-5-2/h16-17,19-20,22,24,50H,4-15,18,21,23,25-49H2,1-3H3/b19-16-,20-17-,24-22-. The molecule has 0 aromatic heterocycles. The van der Waals surface area contributed by atoms with Gasteiger partial charge in [-0.15, -0.1) is 0 Å². The van der Waals surface area contributed by atoms with Gasteiger partial charge in [-0.25, -0.2) is 0 Å². The first kappa shape index (κ1) is 56.6. The second-order valence-corrected chi connectivity index (χ2v) is 17.1. The molecule has 59 heavy (non-hydrogen) atoms. The lowest BCUT2D eigenvalue weighted by Gasteiger charge is -2.18. The molecular weight excluding hydrogens is 733 g/mol. The molecule has 0 fully saturated rings. The van der Waals surface area contributed by atoms with Crippen LogP contribution < -0.4 is 0 Å². The first-order chi connectivity index (χ1) is 29.0. The lowest BCUT2D eigenvalue weighted by Crippen LogP contribution is -2.30. The van der Waals surface area contributed by atoms with Crippen LogP contribution in [-0.4, -0.2) is 37.2 Å². The predicted octanol–water partition coefficient (Wildman–Crippen LogP) is 16.5. The number of rotatable bonds is 46. The molecule has 0 amide bonds. The zero-order valence-electron chi connectivity index (χ0n) is 39.3. The third kappa shape index (κ3) is 46.5. The van der Waals surface area contributed by atoms with Crippen molar-refractivity contribution >= 4 is 17.9 Å². The van der Waals surface area contributed by atoms with E-state index in [1.54, 1.807) is 0 Å². The van der Waals surface area contributed by atoms with Gasteiger partial charge in [-0.1, -0.05) is 211 Å². The zero-order valence-corrected chi connectivity index (χ0v) is 39.3. The minimum Gasteiger partial charge on any atom is -0.462 e. The SMILES string of the molecule is CCCCC/C=C\C=C/CCCCCCCCCCCCC(=O)OCC(COC(=O)CCCCCCCCCCCC)OC(=O)CCCCCCC/C=C\CCCCC. The first-order valence-corrected chi connectivity index (χ1v) is 25.5. The van der Waals surface area contributed by atoms with Crippen LogP contribution in [0.25, 0.3) is 0 Å². The molecule has 0 aromatic carbocycles. The van der Waals surface area contributed by atoms with E-state index in [2.05, 4.69) is 57.2 Å². The normalized spacial score (nSPS) is 12.3. The molecule has 344 valence electrons. The number of carbonyl (C=O) groups excluding carboxylic acids is 3. The van der Waals surface area contributed by atoms with Gasteiger partial charge in [0.15, 0.2) is 6.10 Å². The fourth-order valence-corrected chi connectivity index (χ4v) is 7.25. The van der Waals surface area contributed by atoms with E-state index in [9.17, 15) is 14.4 Å². The van der Waals surface area contributed by atoms with Crippen LogP contribution in [0.4, 0.5) is 0 Å². The van der Waals surface area contributed by atoms with Crippen LogP contribution in [0.5, 0.6) is 0 Å². The second-order valence-electron chi connectivity index (χ2n) is 17.1. The number of ether oxygens (including phenoxy) is 3. The van der Waals surface area contributed by atoms with Crippen molar-refractivity contribution in [3.05, 3.63) is 36.5 Å². The van der Waals surface area contributed by atoms with Crippen LogP contribution in [0, 0.1) is 0 Å². The van der Waals surface area contributed by atoms with Gasteiger partial charge < -0.3 is 14.2 Å². The largest absolute Gasteiger partial charge is 0.462 e. The van der Waals surface area contributed by atoms with Gasteiger partial charge >= 0.3 is 17.9 Å². The Morgan fingerprint density at radius 3 is 0.983 bits per heavy atom. The molecule has 1 unspecified atom stereocenters. The molecule has 0 saturated heterocycles. The number of allylic oxidation sites excluding steroid dienone is 6. The van der Waals surface area contributed by atoms with Gasteiger partial charge in [-0.05, 0) is 70.6 Å². The van der Waals surface area contributed by atoms with Crippen molar-refractivity contribution in [2.75, 3.05) is 13.2 Å². The maximum Gasteiger partial charge on any atom is 0.306 e. The number of hydrogen-bond donors (Lipinski definition) is 0. The molecule has 0 rings (SSSR count). The van der Waals surface area contributed by atoms with Crippen LogP contribution in [-0.2, 0) is 28.6 Å². The molecule has 0 radical (unpaired) electrons. The summed E-state index contributed by atoms with van der Waals surface area (Å²) in [6, 6.07) is 0. The number of carbonyl (C=O) groups is 3. The van der Waals surface area contributed by atoms with Crippen molar-refractivity contribution in [2.24, 2.45) is 0 Å². The first-order valence-electron chi connectivity index (χ1n) is 25.5. The Balaban J connectivity index is 4.29. The Morgan fingerprint density at radius 2 is 0.610 bits per heavy atom. The Hall–Kier alpha value is -2.37. The summed E-state index contributed by atoms with van der Waals surface area (Å²) in [6.07, 6.45) is 55.5. The van der Waals surface area contributed by atoms with Crippen molar-refractivity contribution in [2.45, 2.75) is 271 Å². The zero-order chi connectivity index (χ0) is 43.0. The number of unbranched alkanes of at least 4 members (excludes halogenated alkanes) is 30. The van der Waals surface area contributed by atoms with E-state index in [1.807, 2.05) is 0 Å².